The number of benzene rings is 3. The van der Waals surface area contributed by atoms with Gasteiger partial charge in [-0.2, -0.15) is 13.2 Å². The molecule has 3 aromatic rings. The Bertz CT molecular complexity index is 1420. The van der Waals surface area contributed by atoms with E-state index >= 15 is 0 Å². The summed E-state index contributed by atoms with van der Waals surface area (Å²) in [5.41, 5.74) is -1.47. The lowest BCUT2D eigenvalue weighted by Gasteiger charge is -2.19. The van der Waals surface area contributed by atoms with E-state index in [1.807, 2.05) is 0 Å². The molecule has 0 aromatic heterocycles. The zero-order valence-electron chi connectivity index (χ0n) is 19.6. The number of nitrogens with one attached hydrogen (secondary N) is 2. The molecule has 38 heavy (non-hydrogen) atoms. The number of alkyl halides is 3. The van der Waals surface area contributed by atoms with Gasteiger partial charge in [-0.05, 0) is 55.3 Å². The van der Waals surface area contributed by atoms with Gasteiger partial charge in [-0.3, -0.25) is 9.59 Å². The van der Waals surface area contributed by atoms with E-state index in [1.54, 1.807) is 6.08 Å². The van der Waals surface area contributed by atoms with Crippen molar-refractivity contribution >= 4 is 29.1 Å². The standard InChI is InChI=1S/C27H20ClF5N2O3/c1-2-3-4-7-38-18-12-20-23(24(35-26(20)37)19-11-16(29)5-6-21(19)28)22(13-18)34-25(36)14-8-15(27(31,32)33)10-17(30)9-14/h2,5-6,8-13,24H,1,3-4,7H2,(H,34,36)(H,35,37). The zero-order chi connectivity index (χ0) is 27.6. The normalized spacial score (nSPS) is 14.6. The topological polar surface area (TPSA) is 67.4 Å². The zero-order valence-corrected chi connectivity index (χ0v) is 20.4. The first-order valence-corrected chi connectivity index (χ1v) is 11.7. The van der Waals surface area contributed by atoms with Gasteiger partial charge in [0.2, 0.25) is 0 Å². The molecular formula is C27H20ClF5N2O3. The highest BCUT2D eigenvalue weighted by Crippen LogP contribution is 2.41. The fraction of sp³-hybridized carbons (Fsp3) is 0.185. The van der Waals surface area contributed by atoms with Gasteiger partial charge in [0.15, 0.2) is 0 Å². The SMILES string of the molecule is C=CCCCOc1cc(NC(=O)c2cc(F)cc(C(F)(F)F)c2)c2c(c1)C(=O)NC2c1cc(F)ccc1Cl. The Balaban J connectivity index is 1.78. The first kappa shape index (κ1) is 27.1. The third-order valence-corrected chi connectivity index (χ3v) is 6.13. The number of unbranched alkanes of at least 4 members (excludes halogenated alkanes) is 1. The summed E-state index contributed by atoms with van der Waals surface area (Å²) < 4.78 is 73.3. The van der Waals surface area contributed by atoms with Crippen LogP contribution in [0.3, 0.4) is 0 Å². The van der Waals surface area contributed by atoms with Gasteiger partial charge >= 0.3 is 6.18 Å². The first-order valence-electron chi connectivity index (χ1n) is 11.3. The van der Waals surface area contributed by atoms with E-state index in [1.165, 1.54) is 18.2 Å². The van der Waals surface area contributed by atoms with Gasteiger partial charge in [-0.15, -0.1) is 6.58 Å². The number of allylic oxidation sites excluding steroid dienone is 1. The summed E-state index contributed by atoms with van der Waals surface area (Å²) in [5.74, 6) is -3.32. The second-order valence-electron chi connectivity index (χ2n) is 8.46. The van der Waals surface area contributed by atoms with Crippen molar-refractivity contribution in [1.82, 2.24) is 5.32 Å². The fourth-order valence-corrected chi connectivity index (χ4v) is 4.29. The fourth-order valence-electron chi connectivity index (χ4n) is 4.06. The van der Waals surface area contributed by atoms with Crippen LogP contribution in [-0.2, 0) is 6.18 Å². The lowest BCUT2D eigenvalue weighted by Crippen LogP contribution is -2.21. The average Bonchev–Trinajstić information content (AvgIpc) is 3.18. The van der Waals surface area contributed by atoms with Crippen molar-refractivity contribution in [3.8, 4) is 5.75 Å². The maximum atomic E-state index is 14.0. The number of ether oxygens (including phenoxy) is 1. The van der Waals surface area contributed by atoms with Crippen LogP contribution >= 0.6 is 11.6 Å². The minimum atomic E-state index is -4.88. The second-order valence-corrected chi connectivity index (χ2v) is 8.87. The lowest BCUT2D eigenvalue weighted by molar-refractivity contribution is -0.137. The highest BCUT2D eigenvalue weighted by molar-refractivity contribution is 6.31. The number of rotatable bonds is 8. The molecule has 1 atom stereocenters. The van der Waals surface area contributed by atoms with E-state index in [-0.39, 0.29) is 45.8 Å². The molecule has 0 fully saturated rings. The Kier molecular flexibility index (Phi) is 7.73. The Morgan fingerprint density at radius 2 is 1.87 bits per heavy atom. The number of amides is 2. The largest absolute Gasteiger partial charge is 0.493 e. The van der Waals surface area contributed by atoms with Crippen molar-refractivity contribution in [1.29, 1.82) is 0 Å². The molecule has 2 amide bonds. The molecule has 3 aromatic carbocycles. The van der Waals surface area contributed by atoms with Crippen molar-refractivity contribution in [2.45, 2.75) is 25.1 Å². The predicted octanol–water partition coefficient (Wildman–Crippen LogP) is 7.07. The maximum Gasteiger partial charge on any atom is 0.416 e. The molecule has 0 aliphatic carbocycles. The molecule has 0 saturated heterocycles. The number of halogens is 6. The van der Waals surface area contributed by atoms with Gasteiger partial charge in [0.05, 0.1) is 29.5 Å². The van der Waals surface area contributed by atoms with Gasteiger partial charge in [0, 0.05) is 27.8 Å². The van der Waals surface area contributed by atoms with Crippen molar-refractivity contribution < 1.29 is 36.3 Å². The van der Waals surface area contributed by atoms with Crippen LogP contribution < -0.4 is 15.4 Å². The molecule has 11 heteroatoms. The van der Waals surface area contributed by atoms with Crippen LogP contribution in [0, 0.1) is 11.6 Å². The van der Waals surface area contributed by atoms with Crippen LogP contribution in [-0.4, -0.2) is 18.4 Å². The van der Waals surface area contributed by atoms with Crippen LogP contribution in [0.15, 0.2) is 61.2 Å². The summed E-state index contributed by atoms with van der Waals surface area (Å²) in [4.78, 5) is 25.9. The molecule has 0 saturated carbocycles. The number of hydrogen-bond donors (Lipinski definition) is 2. The summed E-state index contributed by atoms with van der Waals surface area (Å²) in [7, 11) is 0. The van der Waals surface area contributed by atoms with Crippen molar-refractivity contribution in [2.75, 3.05) is 11.9 Å². The highest BCUT2D eigenvalue weighted by atomic mass is 35.5. The molecule has 0 radical (unpaired) electrons. The third-order valence-electron chi connectivity index (χ3n) is 5.79. The molecule has 1 heterocycles. The molecule has 1 aliphatic heterocycles. The van der Waals surface area contributed by atoms with Gasteiger partial charge in [0.25, 0.3) is 11.8 Å². The molecule has 1 unspecified atom stereocenters. The number of hydrogen-bond acceptors (Lipinski definition) is 3. The molecule has 0 spiro atoms. The number of fused-ring (bicyclic) bond motifs is 1. The second kappa shape index (κ2) is 10.8. The Hall–Kier alpha value is -3.92. The lowest BCUT2D eigenvalue weighted by atomic mass is 9.95. The van der Waals surface area contributed by atoms with E-state index in [9.17, 15) is 31.5 Å². The molecule has 2 N–H and O–H groups in total. The molecule has 0 bridgehead atoms. The first-order chi connectivity index (χ1) is 18.0. The Morgan fingerprint density at radius 3 is 2.58 bits per heavy atom. The van der Waals surface area contributed by atoms with Gasteiger partial charge < -0.3 is 15.4 Å². The summed E-state index contributed by atoms with van der Waals surface area (Å²) in [6.07, 6.45) is -1.91. The average molecular weight is 551 g/mol. The van der Waals surface area contributed by atoms with Crippen LogP contribution in [0.5, 0.6) is 5.75 Å². The quantitative estimate of drug-likeness (QED) is 0.179. The van der Waals surface area contributed by atoms with Crippen LogP contribution in [0.1, 0.15) is 56.3 Å². The van der Waals surface area contributed by atoms with Crippen molar-refractivity contribution in [2.24, 2.45) is 0 Å². The van der Waals surface area contributed by atoms with Crippen molar-refractivity contribution in [3.63, 3.8) is 0 Å². The van der Waals surface area contributed by atoms with E-state index in [4.69, 9.17) is 16.3 Å². The molecule has 1 aliphatic rings. The van der Waals surface area contributed by atoms with E-state index < -0.39 is 46.8 Å². The Morgan fingerprint density at radius 1 is 1.11 bits per heavy atom. The minimum absolute atomic E-state index is 0.00674. The number of carbonyl (C=O) groups is 2. The van der Waals surface area contributed by atoms with E-state index in [0.29, 0.717) is 25.0 Å². The molecule has 5 nitrogen and oxygen atoms in total. The highest BCUT2D eigenvalue weighted by Gasteiger charge is 2.36. The maximum absolute atomic E-state index is 14.0. The monoisotopic (exact) mass is 550 g/mol. The number of carbonyl (C=O) groups excluding carboxylic acids is 2. The summed E-state index contributed by atoms with van der Waals surface area (Å²) in [5, 5.41) is 5.27. The van der Waals surface area contributed by atoms with Gasteiger partial charge in [-0.1, -0.05) is 17.7 Å². The smallest absolute Gasteiger partial charge is 0.416 e. The summed E-state index contributed by atoms with van der Waals surface area (Å²) in [6, 6.07) is 6.83. The van der Waals surface area contributed by atoms with Crippen LogP contribution in [0.25, 0.3) is 0 Å². The van der Waals surface area contributed by atoms with E-state index in [0.717, 1.165) is 12.1 Å². The van der Waals surface area contributed by atoms with Crippen LogP contribution in [0.2, 0.25) is 5.02 Å². The Labute approximate surface area is 219 Å². The molecule has 198 valence electrons. The van der Waals surface area contributed by atoms with Crippen molar-refractivity contribution in [3.05, 3.63) is 106 Å². The predicted molar refractivity (Wildman–Crippen MR) is 131 cm³/mol. The summed E-state index contributed by atoms with van der Waals surface area (Å²) >= 11 is 6.27. The van der Waals surface area contributed by atoms with Gasteiger partial charge in [-0.25, -0.2) is 8.78 Å². The minimum Gasteiger partial charge on any atom is -0.493 e. The summed E-state index contributed by atoms with van der Waals surface area (Å²) in [6.45, 7) is 3.87. The molecule has 4 rings (SSSR count). The van der Waals surface area contributed by atoms with Gasteiger partial charge in [0.1, 0.15) is 17.4 Å². The third kappa shape index (κ3) is 5.80. The number of anilines is 1. The van der Waals surface area contributed by atoms with Crippen LogP contribution in [0.4, 0.5) is 27.6 Å². The molecular weight excluding hydrogens is 531 g/mol. The van der Waals surface area contributed by atoms with E-state index in [2.05, 4.69) is 17.2 Å².